The van der Waals surface area contributed by atoms with Crippen LogP contribution >= 0.6 is 12.6 Å². The Morgan fingerprint density at radius 3 is 3.08 bits per heavy atom. The molecule has 0 saturated carbocycles. The number of nitrogens with zero attached hydrogens (tertiary/aromatic N) is 1. The van der Waals surface area contributed by atoms with Crippen molar-refractivity contribution in [2.45, 2.75) is 5.12 Å². The van der Waals surface area contributed by atoms with Crippen molar-refractivity contribution in [2.75, 3.05) is 5.32 Å². The molecule has 0 radical (unpaired) electrons. The molecule has 1 aromatic rings. The van der Waals surface area contributed by atoms with Crippen LogP contribution in [0.1, 0.15) is 10.5 Å². The Balaban J connectivity index is 2.45. The second-order valence-corrected chi connectivity index (χ2v) is 3.18. The molecule has 2 rings (SSSR count). The molecule has 1 amide bonds. The number of rotatable bonds is 0. The smallest absolute Gasteiger partial charge is 0.275 e. The normalized spacial score (nSPS) is 27.3. The average molecular weight is 185 g/mol. The Morgan fingerprint density at radius 1 is 1.58 bits per heavy atom. The van der Waals surface area contributed by atoms with Crippen molar-refractivity contribution in [1.82, 2.24) is 15.3 Å². The second-order valence-electron chi connectivity index (χ2n) is 2.47. The molecule has 64 valence electrons. The Morgan fingerprint density at radius 2 is 2.33 bits per heavy atom. The molecule has 1 aliphatic heterocycles. The lowest BCUT2D eigenvalue weighted by Gasteiger charge is -2.29. The van der Waals surface area contributed by atoms with Crippen LogP contribution in [0.2, 0.25) is 0 Å². The van der Waals surface area contributed by atoms with Crippen molar-refractivity contribution in [3.63, 3.8) is 0 Å². The topological polar surface area (TPSA) is 95.8 Å². The molecule has 0 bridgehead atoms. The quantitative estimate of drug-likeness (QED) is 0.266. The number of imidazole rings is 1. The maximum absolute atomic E-state index is 11.2. The summed E-state index contributed by atoms with van der Waals surface area (Å²) in [6.45, 7) is 0. The molecule has 0 aliphatic carbocycles. The number of hydrogen-bond donors (Lipinski definition) is 5. The molecule has 5 N–H and O–H groups in total. The van der Waals surface area contributed by atoms with Crippen molar-refractivity contribution in [3.8, 4) is 0 Å². The molecule has 0 aromatic carbocycles. The number of hydrogen-bond acceptors (Lipinski definition) is 5. The van der Waals surface area contributed by atoms with Gasteiger partial charge in [-0.15, -0.1) is 12.6 Å². The van der Waals surface area contributed by atoms with Crippen LogP contribution in [0, 0.1) is 0 Å². The molecule has 1 unspecified atom stereocenters. The summed E-state index contributed by atoms with van der Waals surface area (Å²) < 4.78 is 0. The predicted octanol–water partition coefficient (Wildman–Crippen LogP) is -0.935. The number of aromatic nitrogens is 2. The van der Waals surface area contributed by atoms with Gasteiger partial charge in [-0.05, 0) is 0 Å². The Labute approximate surface area is 73.3 Å². The van der Waals surface area contributed by atoms with E-state index in [0.717, 1.165) is 0 Å². The highest BCUT2D eigenvalue weighted by Crippen LogP contribution is 2.19. The SMILES string of the molecule is NC1(S)NC(=O)c2[nH]cnc2N1. The number of carbonyl (C=O) groups is 1. The Bertz CT molecular complexity index is 332. The zero-order valence-electron chi connectivity index (χ0n) is 5.96. The number of carbonyl (C=O) groups excluding carboxylic acids is 1. The number of H-pyrrole nitrogens is 1. The van der Waals surface area contributed by atoms with Crippen LogP contribution in [0.15, 0.2) is 6.33 Å². The number of nitrogens with one attached hydrogen (secondary N) is 3. The summed E-state index contributed by atoms with van der Waals surface area (Å²) in [7, 11) is 0. The number of anilines is 1. The molecule has 2 heterocycles. The molecule has 1 aliphatic rings. The van der Waals surface area contributed by atoms with Crippen LogP contribution in [0.4, 0.5) is 5.82 Å². The van der Waals surface area contributed by atoms with E-state index in [1.165, 1.54) is 6.33 Å². The van der Waals surface area contributed by atoms with Gasteiger partial charge in [-0.25, -0.2) is 4.98 Å². The lowest BCUT2D eigenvalue weighted by Crippen LogP contribution is -2.60. The summed E-state index contributed by atoms with van der Waals surface area (Å²) in [5.41, 5.74) is 5.88. The maximum atomic E-state index is 11.2. The van der Waals surface area contributed by atoms with E-state index in [0.29, 0.717) is 11.5 Å². The van der Waals surface area contributed by atoms with Crippen LogP contribution in [-0.4, -0.2) is 21.0 Å². The first kappa shape index (κ1) is 7.44. The number of fused-ring (bicyclic) bond motifs is 1. The van der Waals surface area contributed by atoms with E-state index in [-0.39, 0.29) is 5.91 Å². The van der Waals surface area contributed by atoms with Crippen molar-refractivity contribution in [3.05, 3.63) is 12.0 Å². The summed E-state index contributed by atoms with van der Waals surface area (Å²) >= 11 is 3.96. The molecule has 12 heavy (non-hydrogen) atoms. The van der Waals surface area contributed by atoms with Crippen molar-refractivity contribution < 1.29 is 4.79 Å². The molecular formula is C5H7N5OS. The largest absolute Gasteiger partial charge is 0.339 e. The van der Waals surface area contributed by atoms with Crippen LogP contribution < -0.4 is 16.4 Å². The molecule has 0 saturated heterocycles. The molecular weight excluding hydrogens is 178 g/mol. The Hall–Kier alpha value is -1.21. The van der Waals surface area contributed by atoms with Gasteiger partial charge in [-0.2, -0.15) is 0 Å². The fourth-order valence-electron chi connectivity index (χ4n) is 1.01. The van der Waals surface area contributed by atoms with E-state index < -0.39 is 5.12 Å². The minimum absolute atomic E-state index is 0.321. The van der Waals surface area contributed by atoms with Gasteiger partial charge in [0.15, 0.2) is 5.82 Å². The number of thiol groups is 1. The summed E-state index contributed by atoms with van der Waals surface area (Å²) in [5.74, 6) is 0.0926. The van der Waals surface area contributed by atoms with Crippen molar-refractivity contribution in [2.24, 2.45) is 5.73 Å². The number of nitrogens with two attached hydrogens (primary N) is 1. The molecule has 6 nitrogen and oxygen atoms in total. The lowest BCUT2D eigenvalue weighted by atomic mass is 10.3. The first-order valence-corrected chi connectivity index (χ1v) is 3.68. The molecule has 0 fully saturated rings. The summed E-state index contributed by atoms with van der Waals surface area (Å²) in [5, 5.41) is 3.91. The van der Waals surface area contributed by atoms with Gasteiger partial charge in [0.2, 0.25) is 5.12 Å². The van der Waals surface area contributed by atoms with Gasteiger partial charge >= 0.3 is 0 Å². The van der Waals surface area contributed by atoms with E-state index >= 15 is 0 Å². The third-order valence-electron chi connectivity index (χ3n) is 1.48. The summed E-state index contributed by atoms with van der Waals surface area (Å²) in [4.78, 5) is 17.7. The highest BCUT2D eigenvalue weighted by molar-refractivity contribution is 7.81. The van der Waals surface area contributed by atoms with Crippen molar-refractivity contribution >= 4 is 24.4 Å². The second kappa shape index (κ2) is 2.14. The van der Waals surface area contributed by atoms with Crippen LogP contribution in [0.5, 0.6) is 0 Å². The lowest BCUT2D eigenvalue weighted by molar-refractivity contribution is 0.0926. The molecule has 7 heteroatoms. The molecule has 0 spiro atoms. The summed E-state index contributed by atoms with van der Waals surface area (Å²) in [6, 6.07) is 0. The van der Waals surface area contributed by atoms with Gasteiger partial charge in [0.05, 0.1) is 6.33 Å². The fourth-order valence-corrected chi connectivity index (χ4v) is 1.22. The maximum Gasteiger partial charge on any atom is 0.275 e. The van der Waals surface area contributed by atoms with Crippen molar-refractivity contribution in [1.29, 1.82) is 0 Å². The van der Waals surface area contributed by atoms with Crippen LogP contribution in [-0.2, 0) is 0 Å². The summed E-state index contributed by atoms with van der Waals surface area (Å²) in [6.07, 6.45) is 1.41. The van der Waals surface area contributed by atoms with Gasteiger partial charge in [0.25, 0.3) is 5.91 Å². The van der Waals surface area contributed by atoms with Gasteiger partial charge in [0.1, 0.15) is 5.69 Å². The molecule has 1 aromatic heterocycles. The monoisotopic (exact) mass is 185 g/mol. The van der Waals surface area contributed by atoms with E-state index in [9.17, 15) is 4.79 Å². The predicted molar refractivity (Wildman–Crippen MR) is 45.6 cm³/mol. The first-order valence-electron chi connectivity index (χ1n) is 3.24. The fraction of sp³-hybridized carbons (Fsp3) is 0.200. The highest BCUT2D eigenvalue weighted by Gasteiger charge is 2.32. The molecule has 1 atom stereocenters. The zero-order valence-corrected chi connectivity index (χ0v) is 6.85. The van der Waals surface area contributed by atoms with E-state index in [1.807, 2.05) is 0 Å². The van der Waals surface area contributed by atoms with Crippen LogP contribution in [0.25, 0.3) is 0 Å². The van der Waals surface area contributed by atoms with E-state index in [1.54, 1.807) is 0 Å². The standard InChI is InChI=1S/C5H7N5OS/c6-5(12)9-3-2(4(11)10-5)7-1-8-3/h1,9,12H,6H2,(H,7,8)(H,10,11). The highest BCUT2D eigenvalue weighted by atomic mass is 32.1. The van der Waals surface area contributed by atoms with Gasteiger partial charge < -0.3 is 15.6 Å². The van der Waals surface area contributed by atoms with E-state index in [4.69, 9.17) is 5.73 Å². The minimum atomic E-state index is -1.22. The first-order chi connectivity index (χ1) is 5.58. The van der Waals surface area contributed by atoms with E-state index in [2.05, 4.69) is 33.2 Å². The van der Waals surface area contributed by atoms with Gasteiger partial charge in [-0.3, -0.25) is 10.5 Å². The van der Waals surface area contributed by atoms with Gasteiger partial charge in [-0.1, -0.05) is 0 Å². The van der Waals surface area contributed by atoms with Gasteiger partial charge in [0, 0.05) is 0 Å². The van der Waals surface area contributed by atoms with Crippen LogP contribution in [0.3, 0.4) is 0 Å². The average Bonchev–Trinajstić information content (AvgIpc) is 2.31. The minimum Gasteiger partial charge on any atom is -0.339 e. The third-order valence-corrected chi connectivity index (χ3v) is 1.70. The third kappa shape index (κ3) is 1.03. The Kier molecular flexibility index (Phi) is 1.33. The zero-order chi connectivity index (χ0) is 8.77. The number of amides is 1. The number of aromatic amines is 1.